The van der Waals surface area contributed by atoms with E-state index in [1.807, 2.05) is 30.3 Å². The molecule has 0 N–H and O–H groups in total. The van der Waals surface area contributed by atoms with Gasteiger partial charge in [0.05, 0.1) is 6.42 Å². The average Bonchev–Trinajstić information content (AvgIpc) is 2.52. The van der Waals surface area contributed by atoms with Gasteiger partial charge in [0.1, 0.15) is 6.10 Å². The highest BCUT2D eigenvalue weighted by Gasteiger charge is 2.42. The molecule has 1 atom stereocenters. The molecule has 2 nitrogen and oxygen atoms in total. The second-order valence-electron chi connectivity index (χ2n) is 6.76. The van der Waals surface area contributed by atoms with Gasteiger partial charge < -0.3 is 4.74 Å². The van der Waals surface area contributed by atoms with Crippen LogP contribution in [0.2, 0.25) is 0 Å². The molecule has 0 saturated carbocycles. The largest absolute Gasteiger partial charge is 0.456 e. The summed E-state index contributed by atoms with van der Waals surface area (Å²) < 4.78 is 5.73. The topological polar surface area (TPSA) is 26.3 Å². The van der Waals surface area contributed by atoms with Gasteiger partial charge in [-0.1, -0.05) is 80.1 Å². The van der Waals surface area contributed by atoms with Crippen molar-refractivity contribution < 1.29 is 9.53 Å². The molecule has 118 valence electrons. The Bertz CT molecular complexity index is 741. The van der Waals surface area contributed by atoms with Gasteiger partial charge in [-0.25, -0.2) is 0 Å². The van der Waals surface area contributed by atoms with Crippen LogP contribution in [0, 0.1) is 12.3 Å². The lowest BCUT2D eigenvalue weighted by Crippen LogP contribution is -2.35. The average molecular weight is 306 g/mol. The Morgan fingerprint density at radius 1 is 1.09 bits per heavy atom. The van der Waals surface area contributed by atoms with E-state index >= 15 is 0 Å². The van der Waals surface area contributed by atoms with Crippen LogP contribution in [-0.2, 0) is 9.53 Å². The highest BCUT2D eigenvalue weighted by atomic mass is 16.5. The lowest BCUT2D eigenvalue weighted by molar-refractivity contribution is -0.159. The van der Waals surface area contributed by atoms with Crippen LogP contribution in [0.5, 0.6) is 0 Å². The standard InChI is InChI=1S/C21H22O2/c1-15-8-7-11-17(12-15)20-21(2,3)18(14-19(22)23-20)13-16-9-5-4-6-10-16/h4-13,20H,14H2,1-3H3. The molecule has 0 radical (unpaired) electrons. The highest BCUT2D eigenvalue weighted by Crippen LogP contribution is 2.48. The maximum atomic E-state index is 12.2. The molecule has 1 unspecified atom stereocenters. The first kappa shape index (κ1) is 15.5. The van der Waals surface area contributed by atoms with Crippen molar-refractivity contribution >= 4 is 12.0 Å². The number of rotatable bonds is 2. The predicted octanol–water partition coefficient (Wildman–Crippen LogP) is 5.09. The van der Waals surface area contributed by atoms with Gasteiger partial charge in [-0.15, -0.1) is 0 Å². The lowest BCUT2D eigenvalue weighted by atomic mass is 9.72. The van der Waals surface area contributed by atoms with Crippen molar-refractivity contribution in [3.63, 3.8) is 0 Å². The van der Waals surface area contributed by atoms with Crippen LogP contribution < -0.4 is 0 Å². The monoisotopic (exact) mass is 306 g/mol. The van der Waals surface area contributed by atoms with Gasteiger partial charge in [0.25, 0.3) is 0 Å². The number of hydrogen-bond donors (Lipinski definition) is 0. The maximum absolute atomic E-state index is 12.2. The molecule has 0 amide bonds. The van der Waals surface area contributed by atoms with E-state index in [1.54, 1.807) is 0 Å². The fraction of sp³-hybridized carbons (Fsp3) is 0.286. The third kappa shape index (κ3) is 3.21. The molecule has 1 fully saturated rings. The van der Waals surface area contributed by atoms with Crippen molar-refractivity contribution in [2.75, 3.05) is 0 Å². The Kier molecular flexibility index (Phi) is 4.08. The molecule has 2 aromatic carbocycles. The van der Waals surface area contributed by atoms with Crippen molar-refractivity contribution in [1.82, 2.24) is 0 Å². The first-order valence-electron chi connectivity index (χ1n) is 7.99. The minimum absolute atomic E-state index is 0.155. The third-order valence-electron chi connectivity index (χ3n) is 4.55. The van der Waals surface area contributed by atoms with Crippen molar-refractivity contribution in [3.8, 4) is 0 Å². The molecule has 0 bridgehead atoms. The molecule has 0 aromatic heterocycles. The summed E-state index contributed by atoms with van der Waals surface area (Å²) in [5.74, 6) is -0.155. The van der Waals surface area contributed by atoms with Gasteiger partial charge in [0, 0.05) is 5.41 Å². The van der Waals surface area contributed by atoms with E-state index in [1.165, 1.54) is 5.56 Å². The molecule has 1 saturated heterocycles. The van der Waals surface area contributed by atoms with Crippen LogP contribution in [-0.4, -0.2) is 5.97 Å². The minimum atomic E-state index is -0.251. The van der Waals surface area contributed by atoms with Gasteiger partial charge >= 0.3 is 5.97 Å². The quantitative estimate of drug-likeness (QED) is 0.722. The van der Waals surface area contributed by atoms with Crippen LogP contribution in [0.25, 0.3) is 6.08 Å². The minimum Gasteiger partial charge on any atom is -0.456 e. The number of ether oxygens (including phenoxy) is 1. The van der Waals surface area contributed by atoms with Gasteiger partial charge in [0.2, 0.25) is 0 Å². The number of carbonyl (C=O) groups is 1. The number of aryl methyl sites for hydroxylation is 1. The van der Waals surface area contributed by atoms with Crippen LogP contribution in [0.15, 0.2) is 60.2 Å². The van der Waals surface area contributed by atoms with Gasteiger partial charge in [-0.05, 0) is 23.6 Å². The summed E-state index contributed by atoms with van der Waals surface area (Å²) in [4.78, 5) is 12.2. The zero-order chi connectivity index (χ0) is 16.4. The van der Waals surface area contributed by atoms with E-state index in [0.29, 0.717) is 6.42 Å². The molecule has 0 spiro atoms. The number of esters is 1. The fourth-order valence-corrected chi connectivity index (χ4v) is 3.18. The second kappa shape index (κ2) is 6.04. The van der Waals surface area contributed by atoms with E-state index in [2.05, 4.69) is 51.1 Å². The first-order chi connectivity index (χ1) is 11.0. The fourth-order valence-electron chi connectivity index (χ4n) is 3.18. The molecule has 23 heavy (non-hydrogen) atoms. The number of hydrogen-bond acceptors (Lipinski definition) is 2. The zero-order valence-corrected chi connectivity index (χ0v) is 13.9. The smallest absolute Gasteiger partial charge is 0.310 e. The third-order valence-corrected chi connectivity index (χ3v) is 4.55. The SMILES string of the molecule is Cc1cccc(C2OC(=O)CC(=Cc3ccccc3)C2(C)C)c1. The van der Waals surface area contributed by atoms with Gasteiger partial charge in [-0.2, -0.15) is 0 Å². The van der Waals surface area contributed by atoms with Crippen molar-refractivity contribution in [2.45, 2.75) is 33.3 Å². The van der Waals surface area contributed by atoms with E-state index in [-0.39, 0.29) is 17.5 Å². The Labute approximate surface area is 137 Å². The summed E-state index contributed by atoms with van der Waals surface area (Å²) in [6, 6.07) is 18.4. The maximum Gasteiger partial charge on any atom is 0.310 e. The molecule has 1 heterocycles. The normalized spacial score (nSPS) is 22.0. The van der Waals surface area contributed by atoms with Crippen LogP contribution >= 0.6 is 0 Å². The molecular weight excluding hydrogens is 284 g/mol. The van der Waals surface area contributed by atoms with Crippen molar-refractivity contribution in [1.29, 1.82) is 0 Å². The van der Waals surface area contributed by atoms with Crippen molar-refractivity contribution in [3.05, 3.63) is 76.9 Å². The number of carbonyl (C=O) groups excluding carboxylic acids is 1. The Morgan fingerprint density at radius 3 is 2.52 bits per heavy atom. The van der Waals surface area contributed by atoms with Gasteiger partial charge in [-0.3, -0.25) is 4.79 Å². The van der Waals surface area contributed by atoms with Crippen LogP contribution in [0.4, 0.5) is 0 Å². The van der Waals surface area contributed by atoms with Crippen LogP contribution in [0.3, 0.4) is 0 Å². The Morgan fingerprint density at radius 2 is 1.83 bits per heavy atom. The molecular formula is C21H22O2. The first-order valence-corrected chi connectivity index (χ1v) is 7.99. The van der Waals surface area contributed by atoms with Gasteiger partial charge in [0.15, 0.2) is 0 Å². The number of cyclic esters (lactones) is 1. The van der Waals surface area contributed by atoms with E-state index in [9.17, 15) is 4.79 Å². The summed E-state index contributed by atoms with van der Waals surface area (Å²) in [7, 11) is 0. The Hall–Kier alpha value is -2.35. The Balaban J connectivity index is 2.02. The summed E-state index contributed by atoms with van der Waals surface area (Å²) in [5, 5.41) is 0. The summed E-state index contributed by atoms with van der Waals surface area (Å²) in [6.45, 7) is 6.37. The molecule has 3 rings (SSSR count). The van der Waals surface area contributed by atoms with Crippen LogP contribution in [0.1, 0.15) is 43.1 Å². The molecule has 2 aromatic rings. The number of benzene rings is 2. The van der Waals surface area contributed by atoms with Crippen molar-refractivity contribution in [2.24, 2.45) is 5.41 Å². The van der Waals surface area contributed by atoms with E-state index in [4.69, 9.17) is 4.74 Å². The highest BCUT2D eigenvalue weighted by molar-refractivity contribution is 5.77. The zero-order valence-electron chi connectivity index (χ0n) is 13.9. The summed E-state index contributed by atoms with van der Waals surface area (Å²) in [6.07, 6.45) is 2.23. The lowest BCUT2D eigenvalue weighted by Gasteiger charge is -2.40. The molecule has 1 aliphatic rings. The molecule has 0 aliphatic carbocycles. The van der Waals surface area contributed by atoms with E-state index in [0.717, 1.165) is 16.7 Å². The van der Waals surface area contributed by atoms with E-state index < -0.39 is 0 Å². The summed E-state index contributed by atoms with van der Waals surface area (Å²) >= 11 is 0. The summed E-state index contributed by atoms with van der Waals surface area (Å²) in [5.41, 5.74) is 4.23. The molecule has 1 aliphatic heterocycles. The second-order valence-corrected chi connectivity index (χ2v) is 6.76. The predicted molar refractivity (Wildman–Crippen MR) is 92.8 cm³/mol. The molecule has 2 heteroatoms.